The number of rotatable bonds is 8. The quantitative estimate of drug-likeness (QED) is 0.452. The number of non-ortho nitro benzene ring substituents is 1. The SMILES string of the molecule is COc1cccc(-c2ccc(=O)n(CCCC(=O)Nc3cccc([N+](=O)[O-])c3)n2)c1. The van der Waals surface area contributed by atoms with E-state index < -0.39 is 4.92 Å². The van der Waals surface area contributed by atoms with E-state index in [1.54, 1.807) is 19.2 Å². The molecule has 2 aromatic carbocycles. The summed E-state index contributed by atoms with van der Waals surface area (Å²) < 4.78 is 6.53. The van der Waals surface area contributed by atoms with Crippen LogP contribution in [0.4, 0.5) is 11.4 Å². The summed E-state index contributed by atoms with van der Waals surface area (Å²) in [6, 6.07) is 16.1. The fourth-order valence-corrected chi connectivity index (χ4v) is 2.86. The Labute approximate surface area is 172 Å². The number of nitrogens with zero attached hydrogens (tertiary/aromatic N) is 3. The van der Waals surface area contributed by atoms with Crippen LogP contribution >= 0.6 is 0 Å². The Kier molecular flexibility index (Phi) is 6.53. The maximum Gasteiger partial charge on any atom is 0.271 e. The number of hydrogen-bond donors (Lipinski definition) is 1. The maximum atomic E-state index is 12.1. The Bertz CT molecular complexity index is 1130. The van der Waals surface area contributed by atoms with Gasteiger partial charge in [-0.15, -0.1) is 0 Å². The molecule has 0 unspecified atom stereocenters. The number of carbonyl (C=O) groups excluding carboxylic acids is 1. The lowest BCUT2D eigenvalue weighted by Crippen LogP contribution is -2.23. The van der Waals surface area contributed by atoms with E-state index in [0.717, 1.165) is 5.56 Å². The molecule has 0 saturated heterocycles. The summed E-state index contributed by atoms with van der Waals surface area (Å²) in [6.07, 6.45) is 0.523. The fraction of sp³-hybridized carbons (Fsp3) is 0.190. The van der Waals surface area contributed by atoms with Gasteiger partial charge in [0.05, 0.1) is 17.7 Å². The molecule has 3 aromatic rings. The highest BCUT2D eigenvalue weighted by atomic mass is 16.6. The van der Waals surface area contributed by atoms with Crippen molar-refractivity contribution in [2.24, 2.45) is 0 Å². The van der Waals surface area contributed by atoms with Gasteiger partial charge >= 0.3 is 0 Å². The molecule has 0 fully saturated rings. The van der Waals surface area contributed by atoms with E-state index in [4.69, 9.17) is 4.74 Å². The maximum absolute atomic E-state index is 12.1. The molecule has 9 heteroatoms. The predicted molar refractivity (Wildman–Crippen MR) is 111 cm³/mol. The van der Waals surface area contributed by atoms with Crippen LogP contribution < -0.4 is 15.6 Å². The average molecular weight is 408 g/mol. The van der Waals surface area contributed by atoms with Crippen molar-refractivity contribution in [2.75, 3.05) is 12.4 Å². The number of nitro benzene ring substituents is 1. The lowest BCUT2D eigenvalue weighted by Gasteiger charge is -2.09. The van der Waals surface area contributed by atoms with Crippen LogP contribution in [0.3, 0.4) is 0 Å². The van der Waals surface area contributed by atoms with Gasteiger partial charge in [-0.1, -0.05) is 18.2 Å². The minimum Gasteiger partial charge on any atom is -0.497 e. The van der Waals surface area contributed by atoms with Crippen molar-refractivity contribution >= 4 is 17.3 Å². The molecule has 0 aliphatic carbocycles. The number of nitrogens with one attached hydrogen (secondary N) is 1. The number of amides is 1. The number of methoxy groups -OCH3 is 1. The summed E-state index contributed by atoms with van der Waals surface area (Å²) >= 11 is 0. The largest absolute Gasteiger partial charge is 0.497 e. The number of ether oxygens (including phenoxy) is 1. The second-order valence-electron chi connectivity index (χ2n) is 6.47. The summed E-state index contributed by atoms with van der Waals surface area (Å²) in [6.45, 7) is 0.263. The van der Waals surface area contributed by atoms with Gasteiger partial charge in [0.1, 0.15) is 5.75 Å². The molecule has 0 aliphatic heterocycles. The Morgan fingerprint density at radius 3 is 2.73 bits per heavy atom. The molecule has 3 rings (SSSR count). The Morgan fingerprint density at radius 2 is 1.97 bits per heavy atom. The first-order chi connectivity index (χ1) is 14.5. The summed E-state index contributed by atoms with van der Waals surface area (Å²) in [5, 5.41) is 17.8. The van der Waals surface area contributed by atoms with Crippen molar-refractivity contribution in [2.45, 2.75) is 19.4 Å². The van der Waals surface area contributed by atoms with E-state index in [1.165, 1.54) is 28.9 Å². The second kappa shape index (κ2) is 9.46. The Morgan fingerprint density at radius 1 is 1.17 bits per heavy atom. The van der Waals surface area contributed by atoms with Crippen LogP contribution in [0.2, 0.25) is 0 Å². The standard InChI is InChI=1S/C21H20N4O5/c1-30-18-8-2-5-15(13-18)19-10-11-21(27)24(23-19)12-4-9-20(26)22-16-6-3-7-17(14-16)25(28)29/h2-3,5-8,10-11,13-14H,4,9,12H2,1H3,(H,22,26). The Balaban J connectivity index is 1.61. The molecule has 0 aliphatic rings. The number of hydrogen-bond acceptors (Lipinski definition) is 6. The minimum atomic E-state index is -0.525. The van der Waals surface area contributed by atoms with Crippen molar-refractivity contribution in [1.29, 1.82) is 0 Å². The smallest absolute Gasteiger partial charge is 0.271 e. The van der Waals surface area contributed by atoms with Crippen molar-refractivity contribution < 1.29 is 14.5 Å². The molecule has 0 bridgehead atoms. The third kappa shape index (κ3) is 5.28. The number of carbonyl (C=O) groups is 1. The van der Waals surface area contributed by atoms with Crippen LogP contribution in [-0.2, 0) is 11.3 Å². The third-order valence-electron chi connectivity index (χ3n) is 4.35. The summed E-state index contributed by atoms with van der Waals surface area (Å²) in [4.78, 5) is 34.5. The first-order valence-corrected chi connectivity index (χ1v) is 9.23. The molecular weight excluding hydrogens is 388 g/mol. The molecule has 0 spiro atoms. The van der Waals surface area contributed by atoms with Gasteiger partial charge in [-0.05, 0) is 30.7 Å². The third-order valence-corrected chi connectivity index (χ3v) is 4.35. The molecule has 1 N–H and O–H groups in total. The molecule has 1 aromatic heterocycles. The zero-order valence-corrected chi connectivity index (χ0v) is 16.3. The lowest BCUT2D eigenvalue weighted by atomic mass is 10.1. The average Bonchev–Trinajstić information content (AvgIpc) is 2.75. The molecule has 1 heterocycles. The van der Waals surface area contributed by atoms with Crippen LogP contribution in [0.1, 0.15) is 12.8 Å². The number of anilines is 1. The highest BCUT2D eigenvalue weighted by Gasteiger charge is 2.09. The van der Waals surface area contributed by atoms with Gasteiger partial charge in [0, 0.05) is 42.4 Å². The zero-order chi connectivity index (χ0) is 21.5. The topological polar surface area (TPSA) is 116 Å². The molecule has 30 heavy (non-hydrogen) atoms. The Hall–Kier alpha value is -4.01. The van der Waals surface area contributed by atoms with Gasteiger partial charge in [0.2, 0.25) is 5.91 Å². The number of benzene rings is 2. The molecule has 9 nitrogen and oxygen atoms in total. The molecule has 154 valence electrons. The van der Waals surface area contributed by atoms with Crippen molar-refractivity contribution in [3.8, 4) is 17.0 Å². The van der Waals surface area contributed by atoms with E-state index in [1.807, 2.05) is 24.3 Å². The summed E-state index contributed by atoms with van der Waals surface area (Å²) in [5.41, 5.74) is 1.42. The van der Waals surface area contributed by atoms with Crippen LogP contribution in [0.15, 0.2) is 65.5 Å². The van der Waals surface area contributed by atoms with Crippen LogP contribution in [0.5, 0.6) is 5.75 Å². The monoisotopic (exact) mass is 408 g/mol. The van der Waals surface area contributed by atoms with Gasteiger partial charge in [-0.2, -0.15) is 5.10 Å². The van der Waals surface area contributed by atoms with E-state index in [0.29, 0.717) is 23.6 Å². The van der Waals surface area contributed by atoms with Gasteiger partial charge in [0.25, 0.3) is 11.2 Å². The molecule has 0 radical (unpaired) electrons. The number of aryl methyl sites for hydroxylation is 1. The first kappa shape index (κ1) is 20.7. The fourth-order valence-electron chi connectivity index (χ4n) is 2.86. The first-order valence-electron chi connectivity index (χ1n) is 9.23. The molecule has 1 amide bonds. The van der Waals surface area contributed by atoms with Crippen LogP contribution in [0.25, 0.3) is 11.3 Å². The normalized spacial score (nSPS) is 10.4. The highest BCUT2D eigenvalue weighted by molar-refractivity contribution is 5.90. The van der Waals surface area contributed by atoms with Gasteiger partial charge in [-0.25, -0.2) is 4.68 Å². The summed E-state index contributed by atoms with van der Waals surface area (Å²) in [7, 11) is 1.58. The minimum absolute atomic E-state index is 0.0992. The predicted octanol–water partition coefficient (Wildman–Crippen LogP) is 3.25. The van der Waals surface area contributed by atoms with Crippen LogP contribution in [-0.4, -0.2) is 27.7 Å². The number of aromatic nitrogens is 2. The molecule has 0 atom stereocenters. The van der Waals surface area contributed by atoms with Crippen molar-refractivity contribution in [3.63, 3.8) is 0 Å². The zero-order valence-electron chi connectivity index (χ0n) is 16.3. The van der Waals surface area contributed by atoms with Gasteiger partial charge in [0.15, 0.2) is 0 Å². The number of nitro groups is 1. The second-order valence-corrected chi connectivity index (χ2v) is 6.47. The highest BCUT2D eigenvalue weighted by Crippen LogP contribution is 2.21. The molecular formula is C21H20N4O5. The van der Waals surface area contributed by atoms with Gasteiger partial charge < -0.3 is 10.1 Å². The lowest BCUT2D eigenvalue weighted by molar-refractivity contribution is -0.384. The van der Waals surface area contributed by atoms with Crippen molar-refractivity contribution in [1.82, 2.24) is 9.78 Å². The van der Waals surface area contributed by atoms with Gasteiger partial charge in [-0.3, -0.25) is 19.7 Å². The van der Waals surface area contributed by atoms with E-state index in [9.17, 15) is 19.7 Å². The van der Waals surface area contributed by atoms with Crippen molar-refractivity contribution in [3.05, 3.63) is 81.1 Å². The van der Waals surface area contributed by atoms with Crippen LogP contribution in [0, 0.1) is 10.1 Å². The van der Waals surface area contributed by atoms with E-state index >= 15 is 0 Å². The van der Waals surface area contributed by atoms with E-state index in [-0.39, 0.29) is 30.1 Å². The summed E-state index contributed by atoms with van der Waals surface area (Å²) in [5.74, 6) is 0.386. The molecule has 0 saturated carbocycles. The van der Waals surface area contributed by atoms with E-state index in [2.05, 4.69) is 10.4 Å².